The van der Waals surface area contributed by atoms with Crippen molar-refractivity contribution in [2.75, 3.05) is 12.8 Å². The first-order valence-electron chi connectivity index (χ1n) is 7.51. The van der Waals surface area contributed by atoms with Crippen LogP contribution in [0.3, 0.4) is 0 Å². The number of aryl methyl sites for hydroxylation is 2. The lowest BCUT2D eigenvalue weighted by Crippen LogP contribution is -2.46. The summed E-state index contributed by atoms with van der Waals surface area (Å²) in [6.45, 7) is 4.80. The first kappa shape index (κ1) is 17.0. The molecular weight excluding hydrogens is 354 g/mol. The Morgan fingerprint density at radius 3 is 2.76 bits per heavy atom. The number of sulfone groups is 1. The van der Waals surface area contributed by atoms with Crippen molar-refractivity contribution in [3.05, 3.63) is 15.9 Å². The van der Waals surface area contributed by atoms with Crippen LogP contribution in [-0.2, 0) is 22.8 Å². The molecule has 0 amide bonds. The van der Waals surface area contributed by atoms with Crippen LogP contribution in [0.4, 0.5) is 0 Å². The van der Waals surface area contributed by atoms with Crippen LogP contribution in [0.25, 0.3) is 0 Å². The van der Waals surface area contributed by atoms with Crippen LogP contribution in [-0.4, -0.2) is 42.3 Å². The SMILES string of the molecule is CCn1nc(C)c(Br)c1CC(NC)C1CCCCS1(=O)=O. The van der Waals surface area contributed by atoms with Crippen LogP contribution in [0.2, 0.25) is 0 Å². The highest BCUT2D eigenvalue weighted by molar-refractivity contribution is 9.10. The average molecular weight is 378 g/mol. The monoisotopic (exact) mass is 377 g/mol. The lowest BCUT2D eigenvalue weighted by molar-refractivity contribution is 0.445. The van der Waals surface area contributed by atoms with Gasteiger partial charge >= 0.3 is 0 Å². The Kier molecular flexibility index (Phi) is 5.48. The van der Waals surface area contributed by atoms with Gasteiger partial charge in [0.1, 0.15) is 0 Å². The second-order valence-electron chi connectivity index (χ2n) is 5.66. The first-order valence-corrected chi connectivity index (χ1v) is 10.0. The van der Waals surface area contributed by atoms with Crippen LogP contribution < -0.4 is 5.32 Å². The van der Waals surface area contributed by atoms with Crippen molar-refractivity contribution in [3.8, 4) is 0 Å². The fourth-order valence-electron chi connectivity index (χ4n) is 3.12. The summed E-state index contributed by atoms with van der Waals surface area (Å²) in [5.74, 6) is 0.323. The van der Waals surface area contributed by atoms with Gasteiger partial charge in [0.05, 0.1) is 26.9 Å². The molecule has 2 unspecified atom stereocenters. The van der Waals surface area contributed by atoms with Gasteiger partial charge in [-0.3, -0.25) is 4.68 Å². The number of nitrogens with one attached hydrogen (secondary N) is 1. The van der Waals surface area contributed by atoms with Crippen molar-refractivity contribution in [2.24, 2.45) is 0 Å². The molecule has 21 heavy (non-hydrogen) atoms. The molecule has 0 radical (unpaired) electrons. The molecule has 120 valence electrons. The van der Waals surface area contributed by atoms with Crippen LogP contribution >= 0.6 is 15.9 Å². The van der Waals surface area contributed by atoms with Crippen molar-refractivity contribution in [3.63, 3.8) is 0 Å². The van der Waals surface area contributed by atoms with Crippen molar-refractivity contribution in [2.45, 2.75) is 57.4 Å². The summed E-state index contributed by atoms with van der Waals surface area (Å²) >= 11 is 3.59. The molecule has 1 aromatic rings. The molecule has 0 aliphatic carbocycles. The predicted octanol–water partition coefficient (Wildman–Crippen LogP) is 2.07. The summed E-state index contributed by atoms with van der Waals surface area (Å²) < 4.78 is 27.6. The molecule has 1 aliphatic heterocycles. The van der Waals surface area contributed by atoms with E-state index in [1.807, 2.05) is 25.6 Å². The highest BCUT2D eigenvalue weighted by Crippen LogP contribution is 2.27. The number of nitrogens with zero attached hydrogens (tertiary/aromatic N) is 2. The fourth-order valence-corrected chi connectivity index (χ4v) is 5.74. The van der Waals surface area contributed by atoms with Gasteiger partial charge in [0.25, 0.3) is 0 Å². The number of aromatic nitrogens is 2. The average Bonchev–Trinajstić information content (AvgIpc) is 2.72. The second kappa shape index (κ2) is 6.79. The topological polar surface area (TPSA) is 64.0 Å². The second-order valence-corrected chi connectivity index (χ2v) is 8.79. The third kappa shape index (κ3) is 3.51. The zero-order chi connectivity index (χ0) is 15.6. The van der Waals surface area contributed by atoms with E-state index in [0.29, 0.717) is 12.2 Å². The Bertz CT molecular complexity index is 598. The van der Waals surface area contributed by atoms with Crippen LogP contribution in [0.15, 0.2) is 4.47 Å². The molecule has 1 saturated heterocycles. The predicted molar refractivity (Wildman–Crippen MR) is 88.3 cm³/mol. The molecule has 0 saturated carbocycles. The van der Waals surface area contributed by atoms with E-state index in [1.54, 1.807) is 0 Å². The van der Waals surface area contributed by atoms with Crippen molar-refractivity contribution in [1.82, 2.24) is 15.1 Å². The Hall–Kier alpha value is -0.400. The minimum atomic E-state index is -2.99. The largest absolute Gasteiger partial charge is 0.315 e. The van der Waals surface area contributed by atoms with E-state index >= 15 is 0 Å². The van der Waals surface area contributed by atoms with Gasteiger partial charge < -0.3 is 5.32 Å². The number of hydrogen-bond donors (Lipinski definition) is 1. The molecule has 0 bridgehead atoms. The summed E-state index contributed by atoms with van der Waals surface area (Å²) in [4.78, 5) is 0. The molecular formula is C14H24BrN3O2S. The molecule has 5 nitrogen and oxygen atoms in total. The molecule has 2 heterocycles. The highest BCUT2D eigenvalue weighted by atomic mass is 79.9. The van der Waals surface area contributed by atoms with E-state index in [-0.39, 0.29) is 11.3 Å². The lowest BCUT2D eigenvalue weighted by Gasteiger charge is -2.30. The smallest absolute Gasteiger partial charge is 0.154 e. The summed E-state index contributed by atoms with van der Waals surface area (Å²) in [7, 11) is -1.14. The van der Waals surface area contributed by atoms with E-state index in [4.69, 9.17) is 0 Å². The number of halogens is 1. The van der Waals surface area contributed by atoms with Gasteiger partial charge in [-0.05, 0) is 49.7 Å². The third-order valence-electron chi connectivity index (χ3n) is 4.31. The normalized spacial score (nSPS) is 23.1. The van der Waals surface area contributed by atoms with Crippen LogP contribution in [0, 0.1) is 6.92 Å². The maximum absolute atomic E-state index is 12.3. The quantitative estimate of drug-likeness (QED) is 0.852. The summed E-state index contributed by atoms with van der Waals surface area (Å²) in [5, 5.41) is 7.42. The molecule has 1 aromatic heterocycles. The molecule has 1 fully saturated rings. The van der Waals surface area contributed by atoms with Crippen LogP contribution in [0.5, 0.6) is 0 Å². The van der Waals surface area contributed by atoms with E-state index in [9.17, 15) is 8.42 Å². The molecule has 2 atom stereocenters. The molecule has 2 rings (SSSR count). The number of rotatable bonds is 5. The van der Waals surface area contributed by atoms with E-state index < -0.39 is 9.84 Å². The Balaban J connectivity index is 2.27. The van der Waals surface area contributed by atoms with Gasteiger partial charge in [-0.1, -0.05) is 6.42 Å². The number of hydrogen-bond acceptors (Lipinski definition) is 4. The lowest BCUT2D eigenvalue weighted by atomic mass is 10.0. The zero-order valence-electron chi connectivity index (χ0n) is 12.9. The maximum Gasteiger partial charge on any atom is 0.154 e. The minimum absolute atomic E-state index is 0.0620. The molecule has 0 spiro atoms. The van der Waals surface area contributed by atoms with Crippen molar-refractivity contribution < 1.29 is 8.42 Å². The maximum atomic E-state index is 12.3. The van der Waals surface area contributed by atoms with Crippen molar-refractivity contribution in [1.29, 1.82) is 0 Å². The first-order chi connectivity index (χ1) is 9.90. The summed E-state index contributed by atoms with van der Waals surface area (Å²) in [5.41, 5.74) is 2.03. The van der Waals surface area contributed by atoms with E-state index in [2.05, 4.69) is 26.3 Å². The van der Waals surface area contributed by atoms with Gasteiger partial charge in [-0.25, -0.2) is 8.42 Å². The Morgan fingerprint density at radius 1 is 1.48 bits per heavy atom. The summed E-state index contributed by atoms with van der Waals surface area (Å²) in [6, 6.07) is -0.0620. The van der Waals surface area contributed by atoms with Crippen LogP contribution in [0.1, 0.15) is 37.6 Å². The molecule has 1 aliphatic rings. The molecule has 0 aromatic carbocycles. The van der Waals surface area contributed by atoms with E-state index in [1.165, 1.54) is 0 Å². The fraction of sp³-hybridized carbons (Fsp3) is 0.786. The van der Waals surface area contributed by atoms with Gasteiger partial charge in [-0.15, -0.1) is 0 Å². The minimum Gasteiger partial charge on any atom is -0.315 e. The Labute approximate surface area is 135 Å². The Morgan fingerprint density at radius 2 is 2.19 bits per heavy atom. The zero-order valence-corrected chi connectivity index (χ0v) is 15.3. The van der Waals surface area contributed by atoms with Crippen molar-refractivity contribution >= 4 is 25.8 Å². The third-order valence-corrected chi connectivity index (χ3v) is 7.69. The van der Waals surface area contributed by atoms with Gasteiger partial charge in [0, 0.05) is 19.0 Å². The molecule has 1 N–H and O–H groups in total. The number of likely N-dealkylation sites (N-methyl/N-ethyl adjacent to an activating group) is 1. The summed E-state index contributed by atoms with van der Waals surface area (Å²) in [6.07, 6.45) is 3.22. The standard InChI is InChI=1S/C14H24BrN3O2S/c1-4-18-12(14(15)10(2)17-18)9-11(16-3)13-7-5-6-8-21(13,19)20/h11,13,16H,4-9H2,1-3H3. The van der Waals surface area contributed by atoms with Gasteiger partial charge in [0.2, 0.25) is 0 Å². The van der Waals surface area contributed by atoms with Gasteiger partial charge in [-0.2, -0.15) is 5.10 Å². The highest BCUT2D eigenvalue weighted by Gasteiger charge is 2.35. The van der Waals surface area contributed by atoms with E-state index in [0.717, 1.165) is 41.7 Å². The molecule has 7 heteroatoms. The van der Waals surface area contributed by atoms with Gasteiger partial charge in [0.15, 0.2) is 9.84 Å².